The summed E-state index contributed by atoms with van der Waals surface area (Å²) in [4.78, 5) is 16.8. The maximum absolute atomic E-state index is 13.4. The van der Waals surface area contributed by atoms with Gasteiger partial charge in [0.15, 0.2) is 11.4 Å². The molecule has 2 aromatic carbocycles. The highest BCUT2D eigenvalue weighted by molar-refractivity contribution is 7.16. The van der Waals surface area contributed by atoms with Crippen molar-refractivity contribution < 1.29 is 18.7 Å². The number of rotatable bonds is 6. The molecule has 0 aliphatic carbocycles. The Labute approximate surface area is 153 Å². The number of nitrogens with zero attached hydrogens (tertiary/aromatic N) is 2. The lowest BCUT2D eigenvalue weighted by Crippen LogP contribution is -2.19. The third-order valence-electron chi connectivity index (χ3n) is 3.60. The van der Waals surface area contributed by atoms with Gasteiger partial charge in [-0.3, -0.25) is 4.79 Å². The van der Waals surface area contributed by atoms with Gasteiger partial charge >= 0.3 is 0 Å². The van der Waals surface area contributed by atoms with Gasteiger partial charge < -0.3 is 14.0 Å². The lowest BCUT2D eigenvalue weighted by atomic mass is 10.3. The molecular weight excluding hydrogens is 355 g/mol. The predicted octanol–water partition coefficient (Wildman–Crippen LogP) is 3.54. The molecule has 0 N–H and O–H groups in total. The average Bonchev–Trinajstić information content (AvgIpc) is 2.97. The summed E-state index contributed by atoms with van der Waals surface area (Å²) in [5.41, 5.74) is 0.805. The summed E-state index contributed by atoms with van der Waals surface area (Å²) in [5, 5.41) is 0. The number of fused-ring (bicyclic) bond motifs is 1. The molecule has 0 radical (unpaired) electrons. The Bertz CT molecular complexity index is 1010. The van der Waals surface area contributed by atoms with Crippen LogP contribution in [0.15, 0.2) is 60.1 Å². The maximum Gasteiger partial charge on any atom is 0.286 e. The summed E-state index contributed by atoms with van der Waals surface area (Å²) in [5.74, 6) is 0.499. The Hall–Kier alpha value is -2.93. The largest absolute Gasteiger partial charge is 0.497 e. The van der Waals surface area contributed by atoms with Crippen molar-refractivity contribution in [1.29, 1.82) is 0 Å². The molecule has 1 aromatic heterocycles. The number of carbonyl (C=O) groups is 1. The van der Waals surface area contributed by atoms with Gasteiger partial charge in [0.2, 0.25) is 0 Å². The number of halogens is 1. The number of thiazole rings is 1. The highest BCUT2D eigenvalue weighted by Crippen LogP contribution is 2.19. The summed E-state index contributed by atoms with van der Waals surface area (Å²) in [6.45, 7) is 4.00. The second kappa shape index (κ2) is 7.97. The molecule has 0 aliphatic heterocycles. The topological polar surface area (TPSA) is 52.8 Å². The van der Waals surface area contributed by atoms with Crippen molar-refractivity contribution in [1.82, 2.24) is 4.57 Å². The number of hydrogen-bond acceptors (Lipinski definition) is 4. The van der Waals surface area contributed by atoms with Crippen LogP contribution in [0.1, 0.15) is 0 Å². The molecule has 0 spiro atoms. The molecule has 7 heteroatoms. The molecule has 3 aromatic rings. The van der Waals surface area contributed by atoms with Gasteiger partial charge in [-0.2, -0.15) is 4.99 Å². The zero-order valence-electron chi connectivity index (χ0n) is 14.1. The first-order chi connectivity index (χ1) is 12.6. The Morgan fingerprint density at radius 3 is 2.69 bits per heavy atom. The number of carbonyl (C=O) groups excluding carboxylic acids is 1. The maximum atomic E-state index is 13.4. The quantitative estimate of drug-likeness (QED) is 0.622. The second-order valence-electron chi connectivity index (χ2n) is 5.37. The number of amides is 1. The fraction of sp³-hybridized carbons (Fsp3) is 0.158. The monoisotopic (exact) mass is 372 g/mol. The van der Waals surface area contributed by atoms with E-state index in [0.717, 1.165) is 10.2 Å². The molecule has 0 unspecified atom stereocenters. The predicted molar refractivity (Wildman–Crippen MR) is 99.0 cm³/mol. The van der Waals surface area contributed by atoms with Crippen LogP contribution in [0.5, 0.6) is 11.5 Å². The van der Waals surface area contributed by atoms with E-state index >= 15 is 0 Å². The summed E-state index contributed by atoms with van der Waals surface area (Å²) < 4.78 is 26.5. The van der Waals surface area contributed by atoms with Gasteiger partial charge in [-0.05, 0) is 42.5 Å². The van der Waals surface area contributed by atoms with E-state index in [1.807, 2.05) is 4.57 Å². The van der Waals surface area contributed by atoms with Crippen molar-refractivity contribution in [2.24, 2.45) is 4.99 Å². The minimum atomic E-state index is -0.425. The van der Waals surface area contributed by atoms with Crippen molar-refractivity contribution in [2.75, 3.05) is 13.7 Å². The van der Waals surface area contributed by atoms with E-state index in [-0.39, 0.29) is 12.4 Å². The molecule has 0 saturated heterocycles. The Morgan fingerprint density at radius 2 is 2.00 bits per heavy atom. The Balaban J connectivity index is 1.82. The van der Waals surface area contributed by atoms with Crippen LogP contribution in [0.2, 0.25) is 0 Å². The smallest absolute Gasteiger partial charge is 0.286 e. The molecule has 1 heterocycles. The van der Waals surface area contributed by atoms with E-state index in [1.54, 1.807) is 43.5 Å². The zero-order chi connectivity index (χ0) is 18.5. The van der Waals surface area contributed by atoms with Gasteiger partial charge in [-0.1, -0.05) is 17.4 Å². The van der Waals surface area contributed by atoms with Crippen LogP contribution in [0, 0.1) is 5.82 Å². The van der Waals surface area contributed by atoms with E-state index in [1.165, 1.54) is 23.5 Å². The Morgan fingerprint density at radius 1 is 1.27 bits per heavy atom. The van der Waals surface area contributed by atoms with E-state index < -0.39 is 5.91 Å². The number of ether oxygens (including phenoxy) is 2. The van der Waals surface area contributed by atoms with E-state index in [0.29, 0.717) is 22.8 Å². The third-order valence-corrected chi connectivity index (χ3v) is 4.64. The highest BCUT2D eigenvalue weighted by atomic mass is 32.1. The number of aromatic nitrogens is 1. The van der Waals surface area contributed by atoms with Crippen LogP contribution in [-0.4, -0.2) is 24.2 Å². The normalized spacial score (nSPS) is 11.5. The van der Waals surface area contributed by atoms with Crippen LogP contribution in [0.4, 0.5) is 4.39 Å². The molecule has 26 heavy (non-hydrogen) atoms. The van der Waals surface area contributed by atoms with Crippen LogP contribution in [-0.2, 0) is 11.3 Å². The van der Waals surface area contributed by atoms with Gasteiger partial charge in [0, 0.05) is 6.54 Å². The molecule has 3 rings (SSSR count). The van der Waals surface area contributed by atoms with Gasteiger partial charge in [-0.15, -0.1) is 6.58 Å². The molecular formula is C19H17FN2O3S. The minimum Gasteiger partial charge on any atom is -0.497 e. The minimum absolute atomic E-state index is 0.191. The fourth-order valence-corrected chi connectivity index (χ4v) is 3.48. The summed E-state index contributed by atoms with van der Waals surface area (Å²) in [6.07, 6.45) is 1.70. The highest BCUT2D eigenvalue weighted by Gasteiger charge is 2.08. The first kappa shape index (κ1) is 17.9. The van der Waals surface area contributed by atoms with Gasteiger partial charge in [-0.25, -0.2) is 4.39 Å². The summed E-state index contributed by atoms with van der Waals surface area (Å²) in [7, 11) is 1.58. The molecule has 0 saturated carbocycles. The number of methoxy groups -OCH3 is 1. The van der Waals surface area contributed by atoms with Crippen molar-refractivity contribution in [3.8, 4) is 11.5 Å². The zero-order valence-corrected chi connectivity index (χ0v) is 15.0. The van der Waals surface area contributed by atoms with Crippen molar-refractivity contribution >= 4 is 27.5 Å². The Kier molecular flexibility index (Phi) is 5.48. The molecule has 134 valence electrons. The van der Waals surface area contributed by atoms with Crippen LogP contribution >= 0.6 is 11.3 Å². The van der Waals surface area contributed by atoms with Gasteiger partial charge in [0.05, 0.1) is 17.3 Å². The van der Waals surface area contributed by atoms with Crippen LogP contribution in [0.3, 0.4) is 0 Å². The third kappa shape index (κ3) is 4.00. The van der Waals surface area contributed by atoms with E-state index in [2.05, 4.69) is 11.6 Å². The second-order valence-corrected chi connectivity index (χ2v) is 6.37. The SMILES string of the molecule is C=CCn1c(=NC(=O)COc2ccc(OC)cc2)sc2cc(F)ccc21. The molecule has 0 atom stereocenters. The number of hydrogen-bond donors (Lipinski definition) is 0. The lowest BCUT2D eigenvalue weighted by Gasteiger charge is -2.04. The van der Waals surface area contributed by atoms with Gasteiger partial charge in [0.1, 0.15) is 17.3 Å². The first-order valence-electron chi connectivity index (χ1n) is 7.85. The lowest BCUT2D eigenvalue weighted by molar-refractivity contribution is -0.120. The number of allylic oxidation sites excluding steroid dienone is 1. The van der Waals surface area contributed by atoms with Crippen LogP contribution < -0.4 is 14.3 Å². The van der Waals surface area contributed by atoms with Crippen molar-refractivity contribution in [3.63, 3.8) is 0 Å². The van der Waals surface area contributed by atoms with Crippen molar-refractivity contribution in [3.05, 3.63) is 65.7 Å². The first-order valence-corrected chi connectivity index (χ1v) is 8.66. The fourth-order valence-electron chi connectivity index (χ4n) is 2.39. The summed E-state index contributed by atoms with van der Waals surface area (Å²) >= 11 is 1.25. The standard InChI is InChI=1S/C19H17FN2O3S/c1-3-10-22-16-9-4-13(20)11-17(16)26-19(22)21-18(23)12-25-15-7-5-14(24-2)6-8-15/h3-9,11H,1,10,12H2,2H3. The molecule has 1 amide bonds. The molecule has 0 fully saturated rings. The van der Waals surface area contributed by atoms with Crippen molar-refractivity contribution in [2.45, 2.75) is 6.54 Å². The van der Waals surface area contributed by atoms with Crippen LogP contribution in [0.25, 0.3) is 10.2 Å². The average molecular weight is 372 g/mol. The summed E-state index contributed by atoms with van der Waals surface area (Å²) in [6, 6.07) is 11.4. The molecule has 0 aliphatic rings. The van der Waals surface area contributed by atoms with Gasteiger partial charge in [0.25, 0.3) is 5.91 Å². The number of benzene rings is 2. The van der Waals surface area contributed by atoms with E-state index in [4.69, 9.17) is 9.47 Å². The molecule has 0 bridgehead atoms. The van der Waals surface area contributed by atoms with E-state index in [9.17, 15) is 9.18 Å². The molecule has 5 nitrogen and oxygen atoms in total.